The largest absolute Gasteiger partial charge is 0.387 e. The summed E-state index contributed by atoms with van der Waals surface area (Å²) in [6.45, 7) is 4.80. The molecule has 0 spiro atoms. The average molecular weight is 316 g/mol. The number of hydrogen-bond acceptors (Lipinski definition) is 4. The van der Waals surface area contributed by atoms with Crippen molar-refractivity contribution in [3.05, 3.63) is 32.4 Å². The first kappa shape index (κ1) is 12.7. The minimum absolute atomic E-state index is 0.500. The second-order valence-electron chi connectivity index (χ2n) is 3.82. The van der Waals surface area contributed by atoms with E-state index >= 15 is 0 Å². The highest BCUT2D eigenvalue weighted by Gasteiger charge is 2.15. The normalized spacial score (nSPS) is 12.9. The highest BCUT2D eigenvalue weighted by Crippen LogP contribution is 2.32. The van der Waals surface area contributed by atoms with Gasteiger partial charge in [0.25, 0.3) is 0 Å². The Morgan fingerprint density at radius 3 is 2.94 bits per heavy atom. The number of rotatable bonds is 4. The van der Waals surface area contributed by atoms with Crippen LogP contribution in [0.4, 0.5) is 0 Å². The first-order chi connectivity index (χ1) is 8.11. The van der Waals surface area contributed by atoms with Gasteiger partial charge in [-0.3, -0.25) is 4.68 Å². The molecule has 0 aliphatic heterocycles. The molecule has 0 fully saturated rings. The molecule has 0 aromatic carbocycles. The third-order valence-corrected chi connectivity index (χ3v) is 4.81. The summed E-state index contributed by atoms with van der Waals surface area (Å²) in [6, 6.07) is 2.01. The Morgan fingerprint density at radius 2 is 2.35 bits per heavy atom. The smallest absolute Gasteiger partial charge is 0.138 e. The maximum atomic E-state index is 10.2. The summed E-state index contributed by atoms with van der Waals surface area (Å²) in [5.41, 5.74) is 1.15. The van der Waals surface area contributed by atoms with E-state index in [2.05, 4.69) is 26.0 Å². The van der Waals surface area contributed by atoms with E-state index in [-0.39, 0.29) is 0 Å². The number of aliphatic hydroxyl groups is 1. The van der Waals surface area contributed by atoms with Crippen molar-refractivity contribution in [1.29, 1.82) is 0 Å². The topological polar surface area (TPSA) is 50.9 Å². The Balaban J connectivity index is 2.14. The van der Waals surface area contributed by atoms with Crippen LogP contribution in [-0.2, 0) is 13.0 Å². The van der Waals surface area contributed by atoms with Crippen LogP contribution in [0, 0.1) is 6.92 Å². The zero-order valence-electron chi connectivity index (χ0n) is 9.72. The molecule has 0 saturated heterocycles. The molecular formula is C11H14BrN3OS. The van der Waals surface area contributed by atoms with Crippen molar-refractivity contribution in [1.82, 2.24) is 14.8 Å². The van der Waals surface area contributed by atoms with Gasteiger partial charge in [-0.15, -0.1) is 11.3 Å². The summed E-state index contributed by atoms with van der Waals surface area (Å²) >= 11 is 5.03. The van der Waals surface area contributed by atoms with Crippen molar-refractivity contribution in [2.24, 2.45) is 0 Å². The molecule has 92 valence electrons. The van der Waals surface area contributed by atoms with E-state index in [0.29, 0.717) is 6.42 Å². The van der Waals surface area contributed by atoms with E-state index in [0.717, 1.165) is 26.6 Å². The predicted octanol–water partition coefficient (Wildman–Crippen LogP) is 2.71. The average Bonchev–Trinajstić information content (AvgIpc) is 2.86. The van der Waals surface area contributed by atoms with E-state index in [1.54, 1.807) is 16.0 Å². The third kappa shape index (κ3) is 2.75. The monoisotopic (exact) mass is 315 g/mol. The lowest BCUT2D eigenvalue weighted by Gasteiger charge is -2.08. The van der Waals surface area contributed by atoms with Gasteiger partial charge in [-0.25, -0.2) is 4.98 Å². The van der Waals surface area contributed by atoms with Crippen LogP contribution < -0.4 is 0 Å². The van der Waals surface area contributed by atoms with E-state index < -0.39 is 6.10 Å². The predicted molar refractivity (Wildman–Crippen MR) is 71.1 cm³/mol. The van der Waals surface area contributed by atoms with Gasteiger partial charge in [-0.05, 0) is 41.4 Å². The highest BCUT2D eigenvalue weighted by molar-refractivity contribution is 9.11. The fourth-order valence-electron chi connectivity index (χ4n) is 1.63. The number of thiophene rings is 1. The van der Waals surface area contributed by atoms with Crippen LogP contribution in [0.25, 0.3) is 0 Å². The molecule has 1 atom stereocenters. The summed E-state index contributed by atoms with van der Waals surface area (Å²) < 4.78 is 2.88. The number of aromatic nitrogens is 3. The zero-order valence-corrected chi connectivity index (χ0v) is 12.1. The van der Waals surface area contributed by atoms with Gasteiger partial charge in [0, 0.05) is 17.8 Å². The van der Waals surface area contributed by atoms with Gasteiger partial charge >= 0.3 is 0 Å². The van der Waals surface area contributed by atoms with E-state index in [1.165, 1.54) is 6.33 Å². The Kier molecular flexibility index (Phi) is 3.96. The van der Waals surface area contributed by atoms with Gasteiger partial charge in [-0.2, -0.15) is 5.10 Å². The Hall–Kier alpha value is -0.720. The molecule has 4 nitrogen and oxygen atoms in total. The van der Waals surface area contributed by atoms with E-state index in [9.17, 15) is 5.11 Å². The van der Waals surface area contributed by atoms with Gasteiger partial charge in [0.15, 0.2) is 0 Å². The molecule has 2 heterocycles. The van der Waals surface area contributed by atoms with Gasteiger partial charge in [0.1, 0.15) is 12.2 Å². The van der Waals surface area contributed by atoms with Crippen LogP contribution in [0.15, 0.2) is 16.2 Å². The second kappa shape index (κ2) is 5.29. The Bertz CT molecular complexity index is 489. The van der Waals surface area contributed by atoms with Crippen LogP contribution in [0.2, 0.25) is 0 Å². The van der Waals surface area contributed by atoms with Crippen molar-refractivity contribution in [2.45, 2.75) is 32.9 Å². The third-order valence-electron chi connectivity index (χ3n) is 2.58. The fraction of sp³-hybridized carbons (Fsp3) is 0.455. The minimum Gasteiger partial charge on any atom is -0.387 e. The van der Waals surface area contributed by atoms with E-state index in [1.807, 2.05) is 19.9 Å². The van der Waals surface area contributed by atoms with Crippen molar-refractivity contribution in [3.8, 4) is 0 Å². The molecule has 17 heavy (non-hydrogen) atoms. The Labute approximate surface area is 112 Å². The molecule has 1 unspecified atom stereocenters. The van der Waals surface area contributed by atoms with Crippen LogP contribution >= 0.6 is 27.3 Å². The SMILES string of the molecule is CCn1ncnc1CC(O)c1cc(C)c(Br)s1. The molecule has 2 rings (SSSR count). The fourth-order valence-corrected chi connectivity index (χ4v) is 3.19. The van der Waals surface area contributed by atoms with Gasteiger partial charge in [-0.1, -0.05) is 0 Å². The van der Waals surface area contributed by atoms with Crippen LogP contribution in [0.3, 0.4) is 0 Å². The summed E-state index contributed by atoms with van der Waals surface area (Å²) in [5.74, 6) is 0.821. The summed E-state index contributed by atoms with van der Waals surface area (Å²) in [5, 5.41) is 14.3. The molecule has 0 saturated carbocycles. The lowest BCUT2D eigenvalue weighted by molar-refractivity contribution is 0.178. The highest BCUT2D eigenvalue weighted by atomic mass is 79.9. The molecule has 2 aromatic rings. The van der Waals surface area contributed by atoms with Crippen molar-refractivity contribution >= 4 is 27.3 Å². The first-order valence-electron chi connectivity index (χ1n) is 5.42. The molecule has 0 aliphatic carbocycles. The van der Waals surface area contributed by atoms with Crippen molar-refractivity contribution < 1.29 is 5.11 Å². The number of hydrogen-bond donors (Lipinski definition) is 1. The first-order valence-corrected chi connectivity index (χ1v) is 7.03. The van der Waals surface area contributed by atoms with Crippen molar-refractivity contribution in [2.75, 3.05) is 0 Å². The Morgan fingerprint density at radius 1 is 1.59 bits per heavy atom. The quantitative estimate of drug-likeness (QED) is 0.943. The van der Waals surface area contributed by atoms with Crippen LogP contribution in [0.1, 0.15) is 29.3 Å². The molecule has 0 amide bonds. The number of aryl methyl sites for hydroxylation is 2. The molecule has 0 aliphatic rings. The number of nitrogens with zero attached hydrogens (tertiary/aromatic N) is 3. The molecule has 0 bridgehead atoms. The standard InChI is InChI=1S/C11H14BrN3OS/c1-3-15-10(13-6-14-15)5-8(16)9-4-7(2)11(12)17-9/h4,6,8,16H,3,5H2,1-2H3. The summed E-state index contributed by atoms with van der Waals surface area (Å²) in [4.78, 5) is 5.12. The maximum absolute atomic E-state index is 10.2. The lowest BCUT2D eigenvalue weighted by atomic mass is 10.2. The number of halogens is 1. The van der Waals surface area contributed by atoms with Crippen molar-refractivity contribution in [3.63, 3.8) is 0 Å². The van der Waals surface area contributed by atoms with E-state index in [4.69, 9.17) is 0 Å². The molecule has 6 heteroatoms. The number of aliphatic hydroxyl groups excluding tert-OH is 1. The zero-order chi connectivity index (χ0) is 12.4. The molecule has 0 radical (unpaired) electrons. The molecule has 2 aromatic heterocycles. The van der Waals surface area contributed by atoms with Gasteiger partial charge < -0.3 is 5.11 Å². The molecule has 1 N–H and O–H groups in total. The minimum atomic E-state index is -0.514. The van der Waals surface area contributed by atoms with Crippen LogP contribution in [-0.4, -0.2) is 19.9 Å². The molecular weight excluding hydrogens is 302 g/mol. The van der Waals surface area contributed by atoms with Crippen LogP contribution in [0.5, 0.6) is 0 Å². The summed E-state index contributed by atoms with van der Waals surface area (Å²) in [7, 11) is 0. The summed E-state index contributed by atoms with van der Waals surface area (Å²) in [6.07, 6.45) is 1.51. The lowest BCUT2D eigenvalue weighted by Crippen LogP contribution is -2.08. The van der Waals surface area contributed by atoms with Gasteiger partial charge in [0.2, 0.25) is 0 Å². The maximum Gasteiger partial charge on any atom is 0.138 e. The second-order valence-corrected chi connectivity index (χ2v) is 6.22. The van der Waals surface area contributed by atoms with Gasteiger partial charge in [0.05, 0.1) is 9.89 Å².